The van der Waals surface area contributed by atoms with Gasteiger partial charge in [-0.1, -0.05) is 0 Å². The van der Waals surface area contributed by atoms with E-state index in [1.807, 2.05) is 35.7 Å². The number of pyridine rings is 2. The predicted octanol–water partition coefficient (Wildman–Crippen LogP) is 2.00. The Hall–Kier alpha value is -2.49. The van der Waals surface area contributed by atoms with Crippen LogP contribution in [0.25, 0.3) is 16.3 Å². The summed E-state index contributed by atoms with van der Waals surface area (Å²) in [4.78, 5) is 0. The van der Waals surface area contributed by atoms with E-state index in [1.165, 1.54) is 6.07 Å². The summed E-state index contributed by atoms with van der Waals surface area (Å²) in [7, 11) is 0. The first-order valence-electron chi connectivity index (χ1n) is 5.57. The normalized spacial score (nSPS) is 11.2. The SMILES string of the molecule is Cc1c2c(O)c(O)c(O)cc2c[n+]2ccccc12. The summed E-state index contributed by atoms with van der Waals surface area (Å²) in [6.07, 6.45) is 3.69. The quantitative estimate of drug-likeness (QED) is 0.321. The molecule has 2 aromatic heterocycles. The Morgan fingerprint density at radius 2 is 1.83 bits per heavy atom. The molecule has 0 amide bonds. The fourth-order valence-electron chi connectivity index (χ4n) is 2.32. The van der Waals surface area contributed by atoms with Crippen molar-refractivity contribution < 1.29 is 19.7 Å². The molecular formula is C14H12NO3+. The highest BCUT2D eigenvalue weighted by atomic mass is 16.3. The summed E-state index contributed by atoms with van der Waals surface area (Å²) < 4.78 is 1.91. The van der Waals surface area contributed by atoms with Crippen molar-refractivity contribution in [3.05, 3.63) is 42.2 Å². The zero-order valence-corrected chi connectivity index (χ0v) is 9.75. The molecule has 4 nitrogen and oxygen atoms in total. The van der Waals surface area contributed by atoms with Gasteiger partial charge in [-0.3, -0.25) is 0 Å². The molecule has 0 unspecified atom stereocenters. The lowest BCUT2D eigenvalue weighted by atomic mass is 10.0. The summed E-state index contributed by atoms with van der Waals surface area (Å²) in [6, 6.07) is 7.18. The van der Waals surface area contributed by atoms with Crippen molar-refractivity contribution >= 4 is 16.3 Å². The molecule has 1 aromatic carbocycles. The van der Waals surface area contributed by atoms with Gasteiger partial charge in [0.1, 0.15) is 0 Å². The van der Waals surface area contributed by atoms with E-state index in [2.05, 4.69) is 0 Å². The molecule has 0 aliphatic heterocycles. The molecule has 0 bridgehead atoms. The molecule has 18 heavy (non-hydrogen) atoms. The van der Waals surface area contributed by atoms with Gasteiger partial charge in [0, 0.05) is 23.1 Å². The van der Waals surface area contributed by atoms with Crippen LogP contribution < -0.4 is 4.40 Å². The molecule has 3 aromatic rings. The molecule has 90 valence electrons. The highest BCUT2D eigenvalue weighted by Gasteiger charge is 2.18. The van der Waals surface area contributed by atoms with Crippen molar-refractivity contribution in [3.63, 3.8) is 0 Å². The van der Waals surface area contributed by atoms with E-state index >= 15 is 0 Å². The van der Waals surface area contributed by atoms with Crippen LogP contribution in [0.1, 0.15) is 5.56 Å². The van der Waals surface area contributed by atoms with Crippen molar-refractivity contribution in [1.29, 1.82) is 0 Å². The van der Waals surface area contributed by atoms with Crippen molar-refractivity contribution in [2.45, 2.75) is 6.92 Å². The summed E-state index contributed by atoms with van der Waals surface area (Å²) in [5.41, 5.74) is 1.78. The van der Waals surface area contributed by atoms with E-state index in [4.69, 9.17) is 0 Å². The van der Waals surface area contributed by atoms with E-state index in [1.54, 1.807) is 6.20 Å². The number of aromatic hydroxyl groups is 3. The number of phenols is 3. The number of hydrogen-bond acceptors (Lipinski definition) is 3. The molecule has 0 spiro atoms. The second-order valence-corrected chi connectivity index (χ2v) is 4.30. The summed E-state index contributed by atoms with van der Waals surface area (Å²) in [5, 5.41) is 30.3. The summed E-state index contributed by atoms with van der Waals surface area (Å²) in [5.74, 6) is -1.09. The van der Waals surface area contributed by atoms with Crippen molar-refractivity contribution in [2.75, 3.05) is 0 Å². The van der Waals surface area contributed by atoms with Gasteiger partial charge in [0.05, 0.1) is 5.39 Å². The lowest BCUT2D eigenvalue weighted by molar-refractivity contribution is -0.510. The van der Waals surface area contributed by atoms with Gasteiger partial charge in [0.2, 0.25) is 11.3 Å². The van der Waals surface area contributed by atoms with E-state index in [9.17, 15) is 15.3 Å². The van der Waals surface area contributed by atoms with Crippen LogP contribution in [0.2, 0.25) is 0 Å². The fraction of sp³-hybridized carbons (Fsp3) is 0.0714. The maximum Gasteiger partial charge on any atom is 0.214 e. The van der Waals surface area contributed by atoms with Gasteiger partial charge in [0.15, 0.2) is 23.9 Å². The van der Waals surface area contributed by atoms with Gasteiger partial charge in [-0.05, 0) is 19.1 Å². The number of rotatable bonds is 0. The first-order valence-corrected chi connectivity index (χ1v) is 5.57. The van der Waals surface area contributed by atoms with E-state index in [0.29, 0.717) is 10.8 Å². The van der Waals surface area contributed by atoms with Crippen LogP contribution >= 0.6 is 0 Å². The number of aryl methyl sites for hydroxylation is 1. The van der Waals surface area contributed by atoms with Gasteiger partial charge in [0.25, 0.3) is 0 Å². The topological polar surface area (TPSA) is 64.8 Å². The number of hydrogen-bond donors (Lipinski definition) is 3. The summed E-state index contributed by atoms with van der Waals surface area (Å²) in [6.45, 7) is 1.87. The number of nitrogens with zero attached hydrogens (tertiary/aromatic N) is 1. The molecule has 0 saturated heterocycles. The Morgan fingerprint density at radius 3 is 2.61 bits per heavy atom. The third-order valence-electron chi connectivity index (χ3n) is 3.21. The standard InChI is InChI=1S/C14H11NO3/c1-8-10-4-2-3-5-15(10)7-9-6-11(16)13(17)14(18)12(8)9/h2-7,16,18H,1H3/p+1. The lowest BCUT2D eigenvalue weighted by Gasteiger charge is -2.07. The number of benzene rings is 1. The Morgan fingerprint density at radius 1 is 1.06 bits per heavy atom. The molecule has 0 radical (unpaired) electrons. The Labute approximate surface area is 103 Å². The second-order valence-electron chi connectivity index (χ2n) is 4.30. The number of aromatic nitrogens is 1. The maximum atomic E-state index is 9.96. The van der Waals surface area contributed by atoms with Gasteiger partial charge < -0.3 is 15.3 Å². The maximum absolute atomic E-state index is 9.96. The molecule has 4 heteroatoms. The Bertz CT molecular complexity index is 781. The van der Waals surface area contributed by atoms with Crippen LogP contribution in [-0.2, 0) is 0 Å². The molecule has 3 rings (SSSR count). The molecule has 3 N–H and O–H groups in total. The smallest absolute Gasteiger partial charge is 0.214 e. The Kier molecular flexibility index (Phi) is 2.07. The fourth-order valence-corrected chi connectivity index (χ4v) is 2.32. The highest BCUT2D eigenvalue weighted by molar-refractivity contribution is 5.96. The van der Waals surface area contributed by atoms with Gasteiger partial charge >= 0.3 is 0 Å². The molecule has 0 aliphatic carbocycles. The van der Waals surface area contributed by atoms with Crippen LogP contribution in [0.15, 0.2) is 36.7 Å². The average molecular weight is 242 g/mol. The highest BCUT2D eigenvalue weighted by Crippen LogP contribution is 2.42. The molecular weight excluding hydrogens is 230 g/mol. The molecule has 0 fully saturated rings. The minimum Gasteiger partial charge on any atom is -0.504 e. The van der Waals surface area contributed by atoms with Gasteiger partial charge in [-0.2, -0.15) is 4.40 Å². The third kappa shape index (κ3) is 1.29. The first kappa shape index (κ1) is 10.7. The number of fused-ring (bicyclic) bond motifs is 2. The van der Waals surface area contributed by atoms with Crippen LogP contribution in [0.3, 0.4) is 0 Å². The number of phenolic OH excluding ortho intramolecular Hbond substituents is 3. The molecule has 0 atom stereocenters. The van der Waals surface area contributed by atoms with E-state index < -0.39 is 5.75 Å². The van der Waals surface area contributed by atoms with E-state index in [0.717, 1.165) is 11.1 Å². The van der Waals surface area contributed by atoms with Crippen LogP contribution in [0, 0.1) is 6.92 Å². The van der Waals surface area contributed by atoms with E-state index in [-0.39, 0.29) is 11.5 Å². The zero-order chi connectivity index (χ0) is 12.9. The minimum atomic E-state index is -0.481. The van der Waals surface area contributed by atoms with Gasteiger partial charge in [-0.25, -0.2) is 0 Å². The van der Waals surface area contributed by atoms with Crippen LogP contribution in [0.5, 0.6) is 17.2 Å². The third-order valence-corrected chi connectivity index (χ3v) is 3.21. The largest absolute Gasteiger partial charge is 0.504 e. The average Bonchev–Trinajstić information content (AvgIpc) is 2.36. The molecule has 0 saturated carbocycles. The predicted molar refractivity (Wildman–Crippen MR) is 66.8 cm³/mol. The first-order chi connectivity index (χ1) is 8.59. The lowest BCUT2D eigenvalue weighted by Crippen LogP contribution is -2.21. The monoisotopic (exact) mass is 242 g/mol. The minimum absolute atomic E-state index is 0.283. The zero-order valence-electron chi connectivity index (χ0n) is 9.75. The Balaban J connectivity index is 2.61. The van der Waals surface area contributed by atoms with Crippen LogP contribution in [-0.4, -0.2) is 15.3 Å². The molecule has 0 aliphatic rings. The van der Waals surface area contributed by atoms with Crippen molar-refractivity contribution in [2.24, 2.45) is 0 Å². The summed E-state index contributed by atoms with van der Waals surface area (Å²) >= 11 is 0. The van der Waals surface area contributed by atoms with Gasteiger partial charge in [-0.15, -0.1) is 0 Å². The second kappa shape index (κ2) is 3.50. The van der Waals surface area contributed by atoms with Crippen LogP contribution in [0.4, 0.5) is 0 Å². The molecule has 2 heterocycles. The van der Waals surface area contributed by atoms with Crippen molar-refractivity contribution in [1.82, 2.24) is 0 Å². The van der Waals surface area contributed by atoms with Crippen molar-refractivity contribution in [3.8, 4) is 17.2 Å².